The average Bonchev–Trinajstić information content (AvgIpc) is 3.49. The number of amides is 1. The summed E-state index contributed by atoms with van der Waals surface area (Å²) in [6.07, 6.45) is 3.41. The normalized spacial score (nSPS) is 18.5. The number of benzene rings is 2. The minimum absolute atomic E-state index is 0.00707. The molecule has 0 spiro atoms. The first-order chi connectivity index (χ1) is 24.6. The van der Waals surface area contributed by atoms with Crippen LogP contribution in [0.4, 0.5) is 0 Å². The molecule has 4 N–H and O–H groups in total. The number of hydrogen-bond donors (Lipinski definition) is 4. The smallest absolute Gasteiger partial charge is 0.459 e. The third-order valence-corrected chi connectivity index (χ3v) is 9.54. The maximum atomic E-state index is 13.9. The van der Waals surface area contributed by atoms with Crippen molar-refractivity contribution < 1.29 is 37.8 Å². The number of H-pyrrole nitrogens is 1. The molecule has 1 amide bonds. The van der Waals surface area contributed by atoms with Gasteiger partial charge in [0.15, 0.2) is 0 Å². The van der Waals surface area contributed by atoms with E-state index in [9.17, 15) is 28.8 Å². The van der Waals surface area contributed by atoms with Crippen LogP contribution in [0, 0.1) is 11.8 Å². The van der Waals surface area contributed by atoms with E-state index in [1.165, 1.54) is 13.1 Å². The Balaban J connectivity index is 1.37. The lowest BCUT2D eigenvalue weighted by atomic mass is 10.1. The molecular weight excluding hydrogens is 679 g/mol. The molecule has 51 heavy (non-hydrogen) atoms. The van der Waals surface area contributed by atoms with E-state index in [2.05, 4.69) is 34.2 Å². The third kappa shape index (κ3) is 12.6. The number of rotatable bonds is 18. The Kier molecular flexibility index (Phi) is 15.2. The predicted octanol–water partition coefficient (Wildman–Crippen LogP) is 3.94. The Morgan fingerprint density at radius 3 is 2.51 bits per heavy atom. The summed E-state index contributed by atoms with van der Waals surface area (Å²) in [5.41, 5.74) is -0.776. The van der Waals surface area contributed by atoms with Crippen molar-refractivity contribution in [1.82, 2.24) is 20.0 Å². The van der Waals surface area contributed by atoms with Crippen molar-refractivity contribution >= 4 is 19.6 Å². The number of nitrogens with one attached hydrogen (secondary N) is 3. The van der Waals surface area contributed by atoms with Crippen molar-refractivity contribution in [3.05, 3.63) is 98.8 Å². The second-order valence-corrected chi connectivity index (χ2v) is 13.7. The van der Waals surface area contributed by atoms with Crippen LogP contribution in [0.5, 0.6) is 5.75 Å². The number of aromatic amines is 1. The molecule has 1 saturated heterocycles. The van der Waals surface area contributed by atoms with E-state index in [0.717, 1.165) is 42.2 Å². The van der Waals surface area contributed by atoms with Gasteiger partial charge in [0.1, 0.15) is 36.3 Å². The number of para-hydroxylation sites is 1. The highest BCUT2D eigenvalue weighted by Crippen LogP contribution is 2.46. The molecule has 274 valence electrons. The quantitative estimate of drug-likeness (QED) is 0.0644. The van der Waals surface area contributed by atoms with E-state index in [-0.39, 0.29) is 36.8 Å². The number of aliphatic hydroxyl groups excluding tert-OH is 1. The molecule has 1 fully saturated rings. The number of carbonyl (C=O) groups excluding carboxylic acids is 2. The van der Waals surface area contributed by atoms with Gasteiger partial charge >= 0.3 is 19.4 Å². The Labute approximate surface area is 296 Å². The minimum Gasteiger partial charge on any atom is -0.460 e. The average molecular weight is 725 g/mol. The van der Waals surface area contributed by atoms with Gasteiger partial charge in [-0.25, -0.2) is 9.36 Å². The molecule has 4 rings (SSSR count). The fourth-order valence-electron chi connectivity index (χ4n) is 5.11. The van der Waals surface area contributed by atoms with Gasteiger partial charge in [0.2, 0.25) is 5.91 Å². The van der Waals surface area contributed by atoms with Crippen molar-refractivity contribution in [3.8, 4) is 17.6 Å². The summed E-state index contributed by atoms with van der Waals surface area (Å²) in [5.74, 6) is 4.75. The number of aliphatic hydroxyl groups is 1. The van der Waals surface area contributed by atoms with E-state index < -0.39 is 56.0 Å². The van der Waals surface area contributed by atoms with Crippen molar-refractivity contribution in [2.75, 3.05) is 13.2 Å². The highest BCUT2D eigenvalue weighted by molar-refractivity contribution is 7.52. The maximum Gasteiger partial charge on any atom is 0.459 e. The van der Waals surface area contributed by atoms with Crippen LogP contribution in [0.2, 0.25) is 0 Å². The standard InChI is InChI=1S/C36H45N4O10P/c1-3-4-5-6-13-20-32(42)37-21-14-17-28-23-40(36(45)38-34(28)43)33-22-30(41)31(49-33)25-48-51(46,50-29-18-11-8-12-19-29)39-26(2)35(44)47-24-27-15-9-7-10-16-27/h7-12,15-16,18-19,23,26,30-31,33,41H,3-6,13,20-22,24-25H2,1-2H3,(H,37,42)(H,39,46)(H,38,43,45)/t26-,30+,31-,33-,51?/m1/s1. The first kappa shape index (κ1) is 39.3. The van der Waals surface area contributed by atoms with Gasteiger partial charge < -0.3 is 24.4 Å². The summed E-state index contributed by atoms with van der Waals surface area (Å²) >= 11 is 0. The van der Waals surface area contributed by atoms with E-state index in [0.29, 0.717) is 6.42 Å². The number of carbonyl (C=O) groups is 2. The van der Waals surface area contributed by atoms with Crippen LogP contribution in [0.1, 0.15) is 76.1 Å². The first-order valence-electron chi connectivity index (χ1n) is 17.0. The number of aromatic nitrogens is 2. The van der Waals surface area contributed by atoms with Crippen LogP contribution in [-0.4, -0.2) is 57.9 Å². The predicted molar refractivity (Wildman–Crippen MR) is 189 cm³/mol. The topological polar surface area (TPSA) is 187 Å². The molecule has 1 aliphatic rings. The van der Waals surface area contributed by atoms with E-state index in [4.69, 9.17) is 18.5 Å². The molecule has 0 bridgehead atoms. The third-order valence-electron chi connectivity index (χ3n) is 7.89. The largest absolute Gasteiger partial charge is 0.460 e. The molecule has 15 heteroatoms. The molecule has 1 unspecified atom stereocenters. The summed E-state index contributed by atoms with van der Waals surface area (Å²) in [6.45, 7) is 3.14. The van der Waals surface area contributed by atoms with Crippen LogP contribution in [0.25, 0.3) is 0 Å². The maximum absolute atomic E-state index is 13.9. The van der Waals surface area contributed by atoms with Crippen LogP contribution < -0.4 is 26.2 Å². The summed E-state index contributed by atoms with van der Waals surface area (Å²) in [5, 5.41) is 16.1. The Morgan fingerprint density at radius 1 is 1.08 bits per heavy atom. The molecule has 14 nitrogen and oxygen atoms in total. The molecular formula is C36H45N4O10P. The molecule has 2 aromatic carbocycles. The summed E-state index contributed by atoms with van der Waals surface area (Å²) in [6, 6.07) is 16.1. The van der Waals surface area contributed by atoms with E-state index in [1.54, 1.807) is 42.5 Å². The molecule has 2 heterocycles. The SMILES string of the molecule is CCCCCCCC(=O)NCC#Cc1cn([C@H]2C[C@H](O)[C@@H](COP(=O)(N[C@H](C)C(=O)OCc3ccccc3)Oc3ccccc3)O2)c(=O)[nH]c1=O. The summed E-state index contributed by atoms with van der Waals surface area (Å²) in [7, 11) is -4.28. The van der Waals surface area contributed by atoms with Crippen LogP contribution in [0.15, 0.2) is 76.4 Å². The summed E-state index contributed by atoms with van der Waals surface area (Å²) < 4.78 is 37.7. The Morgan fingerprint density at radius 2 is 1.78 bits per heavy atom. The van der Waals surface area contributed by atoms with Gasteiger partial charge in [0, 0.05) is 19.0 Å². The van der Waals surface area contributed by atoms with Gasteiger partial charge in [-0.15, -0.1) is 0 Å². The van der Waals surface area contributed by atoms with Crippen molar-refractivity contribution in [3.63, 3.8) is 0 Å². The number of unbranched alkanes of at least 4 members (excludes halogenated alkanes) is 4. The lowest BCUT2D eigenvalue weighted by molar-refractivity contribution is -0.146. The Hall–Kier alpha value is -4.51. The van der Waals surface area contributed by atoms with Crippen molar-refractivity contribution in [2.24, 2.45) is 0 Å². The highest BCUT2D eigenvalue weighted by atomic mass is 31.2. The van der Waals surface area contributed by atoms with Gasteiger partial charge in [-0.3, -0.25) is 28.5 Å². The first-order valence-corrected chi connectivity index (χ1v) is 18.5. The zero-order valence-electron chi connectivity index (χ0n) is 28.7. The molecule has 1 aromatic heterocycles. The van der Waals surface area contributed by atoms with Gasteiger partial charge in [-0.1, -0.05) is 93.0 Å². The zero-order valence-corrected chi connectivity index (χ0v) is 29.6. The molecule has 1 aliphatic heterocycles. The minimum atomic E-state index is -4.28. The molecule has 0 aliphatic carbocycles. The second-order valence-electron chi connectivity index (χ2n) is 12.0. The molecule has 0 saturated carbocycles. The summed E-state index contributed by atoms with van der Waals surface area (Å²) in [4.78, 5) is 52.2. The van der Waals surface area contributed by atoms with Crippen LogP contribution in [0.3, 0.4) is 0 Å². The zero-order chi connectivity index (χ0) is 36.6. The molecule has 3 aromatic rings. The van der Waals surface area contributed by atoms with Crippen LogP contribution >= 0.6 is 7.75 Å². The van der Waals surface area contributed by atoms with Crippen molar-refractivity contribution in [1.29, 1.82) is 0 Å². The van der Waals surface area contributed by atoms with Crippen LogP contribution in [-0.2, 0) is 34.8 Å². The van der Waals surface area contributed by atoms with E-state index in [1.807, 2.05) is 18.2 Å². The molecule has 5 atom stereocenters. The fraction of sp³-hybridized carbons (Fsp3) is 0.444. The molecule has 0 radical (unpaired) electrons. The number of esters is 1. The van der Waals surface area contributed by atoms with Gasteiger partial charge in [0.05, 0.1) is 19.3 Å². The lowest BCUT2D eigenvalue weighted by Crippen LogP contribution is -2.36. The van der Waals surface area contributed by atoms with E-state index >= 15 is 0 Å². The second kappa shape index (κ2) is 19.8. The fourth-order valence-corrected chi connectivity index (χ4v) is 6.61. The highest BCUT2D eigenvalue weighted by Gasteiger charge is 2.39. The monoisotopic (exact) mass is 724 g/mol. The van der Waals surface area contributed by atoms with Gasteiger partial charge in [-0.2, -0.15) is 5.09 Å². The number of hydrogen-bond acceptors (Lipinski definition) is 10. The van der Waals surface area contributed by atoms with Gasteiger partial charge in [0.25, 0.3) is 5.56 Å². The van der Waals surface area contributed by atoms with Gasteiger partial charge in [-0.05, 0) is 31.0 Å². The Bertz CT molecular complexity index is 1810. The van der Waals surface area contributed by atoms with Crippen molar-refractivity contribution in [2.45, 2.75) is 89.9 Å². The number of nitrogens with zero attached hydrogens (tertiary/aromatic N) is 1. The lowest BCUT2D eigenvalue weighted by Gasteiger charge is -2.24. The number of ether oxygens (including phenoxy) is 2.